The summed E-state index contributed by atoms with van der Waals surface area (Å²) in [6.45, 7) is 1.34. The molecule has 1 heterocycles. The Morgan fingerprint density at radius 2 is 2.14 bits per heavy atom. The molecule has 6 heteroatoms. The molecular weight excluding hydrogens is 190 g/mol. The van der Waals surface area contributed by atoms with E-state index >= 15 is 0 Å². The third kappa shape index (κ3) is 2.27. The third-order valence-corrected chi connectivity index (χ3v) is 1.87. The van der Waals surface area contributed by atoms with Crippen molar-refractivity contribution in [2.24, 2.45) is 0 Å². The quantitative estimate of drug-likeness (QED) is 0.796. The second-order valence-corrected chi connectivity index (χ2v) is 2.98. The Balaban J connectivity index is 2.89. The van der Waals surface area contributed by atoms with Gasteiger partial charge in [-0.05, 0) is 6.92 Å². The molecule has 0 fully saturated rings. The monoisotopic (exact) mass is 202 g/mol. The summed E-state index contributed by atoms with van der Waals surface area (Å²) in [5.41, 5.74) is 6.14. The minimum Gasteiger partial charge on any atom is -0.383 e. The van der Waals surface area contributed by atoms with Gasteiger partial charge < -0.3 is 10.6 Å². The lowest BCUT2D eigenvalue weighted by molar-refractivity contribution is 0.156. The van der Waals surface area contributed by atoms with Gasteiger partial charge >= 0.3 is 0 Å². The zero-order valence-electron chi connectivity index (χ0n) is 8.04. The fourth-order valence-corrected chi connectivity index (χ4v) is 1.13. The molecule has 0 aliphatic carbocycles. The van der Waals surface area contributed by atoms with Gasteiger partial charge in [-0.25, -0.2) is 18.7 Å². The molecule has 1 aromatic heterocycles. The van der Waals surface area contributed by atoms with E-state index in [1.807, 2.05) is 0 Å². The Morgan fingerprint density at radius 3 is 2.71 bits per heavy atom. The number of nitrogens with zero attached hydrogens (tertiary/aromatic N) is 3. The highest BCUT2D eigenvalue weighted by Gasteiger charge is 2.13. The molecule has 0 unspecified atom stereocenters. The summed E-state index contributed by atoms with van der Waals surface area (Å²) in [7, 11) is 1.54. The largest absolute Gasteiger partial charge is 0.383 e. The van der Waals surface area contributed by atoms with Crippen LogP contribution in [-0.2, 0) is 0 Å². The van der Waals surface area contributed by atoms with Crippen LogP contribution in [0.1, 0.15) is 5.56 Å². The van der Waals surface area contributed by atoms with Crippen molar-refractivity contribution in [3.63, 3.8) is 0 Å². The Kier molecular flexibility index (Phi) is 3.16. The number of hydrogen-bond acceptors (Lipinski definition) is 4. The van der Waals surface area contributed by atoms with E-state index in [-0.39, 0.29) is 6.54 Å². The van der Waals surface area contributed by atoms with Gasteiger partial charge in [0.05, 0.1) is 6.54 Å². The molecule has 0 saturated carbocycles. The number of halogens is 2. The van der Waals surface area contributed by atoms with Crippen molar-refractivity contribution in [1.29, 1.82) is 0 Å². The van der Waals surface area contributed by atoms with Crippen molar-refractivity contribution in [3.8, 4) is 0 Å². The predicted molar refractivity (Wildman–Crippen MR) is 50.5 cm³/mol. The summed E-state index contributed by atoms with van der Waals surface area (Å²) >= 11 is 0. The van der Waals surface area contributed by atoms with Gasteiger partial charge in [0.25, 0.3) is 6.43 Å². The minimum absolute atomic E-state index is 0.316. The number of rotatable bonds is 3. The predicted octanol–water partition coefficient (Wildman–Crippen LogP) is 1.07. The molecule has 0 amide bonds. The maximum Gasteiger partial charge on any atom is 0.255 e. The molecule has 1 rings (SSSR count). The van der Waals surface area contributed by atoms with Crippen molar-refractivity contribution >= 4 is 11.6 Å². The van der Waals surface area contributed by atoms with E-state index in [0.717, 1.165) is 0 Å². The molecule has 0 atom stereocenters. The average molecular weight is 202 g/mol. The number of nitrogen functional groups attached to an aromatic ring is 1. The van der Waals surface area contributed by atoms with Crippen molar-refractivity contribution in [1.82, 2.24) is 9.97 Å². The van der Waals surface area contributed by atoms with Gasteiger partial charge in [0.2, 0.25) is 0 Å². The van der Waals surface area contributed by atoms with Gasteiger partial charge in [0.1, 0.15) is 18.0 Å². The van der Waals surface area contributed by atoms with E-state index in [0.29, 0.717) is 17.2 Å². The van der Waals surface area contributed by atoms with Gasteiger partial charge in [-0.3, -0.25) is 0 Å². The Hall–Kier alpha value is -1.46. The molecule has 0 spiro atoms. The third-order valence-electron chi connectivity index (χ3n) is 1.87. The van der Waals surface area contributed by atoms with E-state index in [4.69, 9.17) is 5.73 Å². The Morgan fingerprint density at radius 1 is 1.50 bits per heavy atom. The first-order valence-electron chi connectivity index (χ1n) is 4.08. The molecule has 0 aliphatic rings. The number of aromatic nitrogens is 2. The number of nitrogens with two attached hydrogens (primary N) is 1. The summed E-state index contributed by atoms with van der Waals surface area (Å²) in [5, 5.41) is 0. The van der Waals surface area contributed by atoms with Crippen LogP contribution in [0.25, 0.3) is 0 Å². The van der Waals surface area contributed by atoms with Crippen LogP contribution in [0.5, 0.6) is 0 Å². The van der Waals surface area contributed by atoms with E-state index in [1.165, 1.54) is 11.2 Å². The minimum atomic E-state index is -2.39. The first kappa shape index (κ1) is 10.6. The zero-order valence-corrected chi connectivity index (χ0v) is 8.04. The van der Waals surface area contributed by atoms with Gasteiger partial charge in [-0.1, -0.05) is 0 Å². The van der Waals surface area contributed by atoms with Crippen LogP contribution in [0.4, 0.5) is 20.4 Å². The topological polar surface area (TPSA) is 55.0 Å². The van der Waals surface area contributed by atoms with Crippen LogP contribution in [0.2, 0.25) is 0 Å². The van der Waals surface area contributed by atoms with Gasteiger partial charge in [-0.2, -0.15) is 0 Å². The fourth-order valence-electron chi connectivity index (χ4n) is 1.13. The summed E-state index contributed by atoms with van der Waals surface area (Å²) in [4.78, 5) is 9.01. The molecule has 14 heavy (non-hydrogen) atoms. The van der Waals surface area contributed by atoms with Gasteiger partial charge in [0, 0.05) is 12.6 Å². The normalized spacial score (nSPS) is 10.6. The molecule has 4 nitrogen and oxygen atoms in total. The smallest absolute Gasteiger partial charge is 0.255 e. The van der Waals surface area contributed by atoms with Crippen molar-refractivity contribution in [2.75, 3.05) is 24.2 Å². The molecule has 78 valence electrons. The van der Waals surface area contributed by atoms with Crippen molar-refractivity contribution in [2.45, 2.75) is 13.3 Å². The first-order chi connectivity index (χ1) is 6.52. The molecule has 0 radical (unpaired) electrons. The molecule has 0 aromatic carbocycles. The van der Waals surface area contributed by atoms with Gasteiger partial charge in [0.15, 0.2) is 0 Å². The van der Waals surface area contributed by atoms with E-state index in [9.17, 15) is 8.78 Å². The molecule has 1 aromatic rings. The maximum atomic E-state index is 12.1. The van der Waals surface area contributed by atoms with Crippen LogP contribution in [0.15, 0.2) is 6.33 Å². The van der Waals surface area contributed by atoms with Crippen molar-refractivity contribution < 1.29 is 8.78 Å². The average Bonchev–Trinajstić information content (AvgIpc) is 2.08. The molecule has 0 saturated heterocycles. The maximum absolute atomic E-state index is 12.1. The van der Waals surface area contributed by atoms with Crippen molar-refractivity contribution in [3.05, 3.63) is 11.9 Å². The van der Waals surface area contributed by atoms with Crippen LogP contribution in [0, 0.1) is 6.92 Å². The Labute approximate surface area is 80.8 Å². The number of alkyl halides is 2. The number of anilines is 2. The zero-order chi connectivity index (χ0) is 10.7. The lowest BCUT2D eigenvalue weighted by Crippen LogP contribution is -2.26. The van der Waals surface area contributed by atoms with Crippen LogP contribution >= 0.6 is 0 Å². The van der Waals surface area contributed by atoms with E-state index in [2.05, 4.69) is 9.97 Å². The lowest BCUT2D eigenvalue weighted by atomic mass is 10.3. The van der Waals surface area contributed by atoms with Crippen LogP contribution in [-0.4, -0.2) is 30.0 Å². The number of hydrogen-bond donors (Lipinski definition) is 1. The standard InChI is InChI=1S/C8H12F2N4/c1-5-7(11)12-4-13-8(5)14(2)3-6(9)10/h4,6H,3H2,1-2H3,(H2,11,12,13). The van der Waals surface area contributed by atoms with E-state index < -0.39 is 6.43 Å². The lowest BCUT2D eigenvalue weighted by Gasteiger charge is -2.19. The fraction of sp³-hybridized carbons (Fsp3) is 0.500. The molecular formula is C8H12F2N4. The van der Waals surface area contributed by atoms with Crippen LogP contribution < -0.4 is 10.6 Å². The van der Waals surface area contributed by atoms with Crippen LogP contribution in [0.3, 0.4) is 0 Å². The summed E-state index contributed by atoms with van der Waals surface area (Å²) in [6.07, 6.45) is -1.13. The highest BCUT2D eigenvalue weighted by Crippen LogP contribution is 2.19. The molecule has 2 N–H and O–H groups in total. The highest BCUT2D eigenvalue weighted by molar-refractivity contribution is 5.55. The summed E-state index contributed by atoms with van der Waals surface area (Å²) in [6, 6.07) is 0. The first-order valence-corrected chi connectivity index (χ1v) is 4.08. The van der Waals surface area contributed by atoms with Gasteiger partial charge in [-0.15, -0.1) is 0 Å². The summed E-state index contributed by atoms with van der Waals surface area (Å²) in [5.74, 6) is 0.758. The SMILES string of the molecule is Cc1c(N)ncnc1N(C)CC(F)F. The second kappa shape index (κ2) is 4.17. The Bertz CT molecular complexity index is 316. The van der Waals surface area contributed by atoms with E-state index in [1.54, 1.807) is 14.0 Å². The highest BCUT2D eigenvalue weighted by atomic mass is 19.3. The molecule has 0 aliphatic heterocycles. The second-order valence-electron chi connectivity index (χ2n) is 2.98. The summed E-state index contributed by atoms with van der Waals surface area (Å²) < 4.78 is 24.2. The molecule has 0 bridgehead atoms.